The summed E-state index contributed by atoms with van der Waals surface area (Å²) in [7, 11) is 0. The highest BCUT2D eigenvalue weighted by Gasteiger charge is 2.14. The lowest BCUT2D eigenvalue weighted by molar-refractivity contribution is 0.939. The molecule has 0 unspecified atom stereocenters. The molecule has 0 amide bonds. The highest BCUT2D eigenvalue weighted by Crippen LogP contribution is 2.26. The molecule has 1 fully saturated rings. The van der Waals surface area contributed by atoms with Crippen molar-refractivity contribution in [3.05, 3.63) is 71.8 Å². The van der Waals surface area contributed by atoms with Crippen molar-refractivity contribution in [3.63, 3.8) is 0 Å². The van der Waals surface area contributed by atoms with Crippen LogP contribution in [0.4, 0.5) is 17.2 Å². The number of nitrogens with one attached hydrogen (secondary N) is 1. The van der Waals surface area contributed by atoms with E-state index in [4.69, 9.17) is 16.6 Å². The fraction of sp³-hybridized carbons (Fsp3) is 0.190. The Kier molecular flexibility index (Phi) is 4.57. The van der Waals surface area contributed by atoms with E-state index in [9.17, 15) is 0 Å². The first-order chi connectivity index (χ1) is 12.3. The van der Waals surface area contributed by atoms with Gasteiger partial charge in [0.25, 0.3) is 0 Å². The number of hydrogen-bond donors (Lipinski definition) is 1. The monoisotopic (exact) mass is 349 g/mol. The van der Waals surface area contributed by atoms with E-state index < -0.39 is 0 Å². The smallest absolute Gasteiger partial charge is 0.129 e. The highest BCUT2D eigenvalue weighted by atomic mass is 35.5. The average Bonchev–Trinajstić information content (AvgIpc) is 3.19. The minimum Gasteiger partial charge on any atom is -0.357 e. The fourth-order valence-electron chi connectivity index (χ4n) is 3.16. The Labute approximate surface area is 153 Å². The van der Waals surface area contributed by atoms with Crippen molar-refractivity contribution in [1.82, 2.24) is 4.98 Å². The maximum Gasteiger partial charge on any atom is 0.129 e. The molecule has 0 atom stereocenters. The Morgan fingerprint density at radius 2 is 1.60 bits per heavy atom. The molecular weight excluding hydrogens is 330 g/mol. The summed E-state index contributed by atoms with van der Waals surface area (Å²) in [6.07, 6.45) is 2.51. The van der Waals surface area contributed by atoms with Crippen LogP contribution in [0, 0.1) is 0 Å². The van der Waals surface area contributed by atoms with Gasteiger partial charge in [0.1, 0.15) is 5.82 Å². The summed E-state index contributed by atoms with van der Waals surface area (Å²) in [5.41, 5.74) is 4.16. The summed E-state index contributed by atoms with van der Waals surface area (Å²) < 4.78 is 0. The Morgan fingerprint density at radius 3 is 2.40 bits per heavy atom. The van der Waals surface area contributed by atoms with E-state index in [0.29, 0.717) is 0 Å². The SMILES string of the molecule is Clc1ccc(Nc2cccc(-c3cccc(N4CCCC4)n3)c2)cc1. The van der Waals surface area contributed by atoms with Gasteiger partial charge in [0.05, 0.1) is 5.69 Å². The number of aromatic nitrogens is 1. The maximum atomic E-state index is 5.95. The normalized spacial score (nSPS) is 13.9. The van der Waals surface area contributed by atoms with Crippen LogP contribution < -0.4 is 10.2 Å². The molecule has 1 saturated heterocycles. The molecule has 4 rings (SSSR count). The summed E-state index contributed by atoms with van der Waals surface area (Å²) in [6, 6.07) is 22.3. The molecule has 1 N–H and O–H groups in total. The van der Waals surface area contributed by atoms with Gasteiger partial charge in [0.2, 0.25) is 0 Å². The van der Waals surface area contributed by atoms with Crippen molar-refractivity contribution < 1.29 is 0 Å². The molecule has 0 bridgehead atoms. The molecule has 3 aromatic rings. The topological polar surface area (TPSA) is 28.2 Å². The quantitative estimate of drug-likeness (QED) is 0.650. The number of pyridine rings is 1. The summed E-state index contributed by atoms with van der Waals surface area (Å²) in [4.78, 5) is 7.23. The van der Waals surface area contributed by atoms with E-state index in [1.807, 2.05) is 24.3 Å². The summed E-state index contributed by atoms with van der Waals surface area (Å²) in [6.45, 7) is 2.21. The third kappa shape index (κ3) is 3.77. The third-order valence-corrected chi connectivity index (χ3v) is 4.71. The Hall–Kier alpha value is -2.52. The van der Waals surface area contributed by atoms with E-state index in [2.05, 4.69) is 52.7 Å². The number of anilines is 3. The fourth-order valence-corrected chi connectivity index (χ4v) is 3.29. The van der Waals surface area contributed by atoms with Crippen LogP contribution in [-0.4, -0.2) is 18.1 Å². The van der Waals surface area contributed by atoms with Crippen molar-refractivity contribution in [3.8, 4) is 11.3 Å². The second-order valence-electron chi connectivity index (χ2n) is 6.29. The molecule has 0 saturated carbocycles. The van der Waals surface area contributed by atoms with E-state index in [1.54, 1.807) is 0 Å². The van der Waals surface area contributed by atoms with Gasteiger partial charge in [-0.3, -0.25) is 0 Å². The van der Waals surface area contributed by atoms with Crippen LogP contribution in [0.1, 0.15) is 12.8 Å². The Morgan fingerprint density at radius 1 is 0.840 bits per heavy atom. The van der Waals surface area contributed by atoms with Crippen LogP contribution in [0.2, 0.25) is 5.02 Å². The molecule has 3 nitrogen and oxygen atoms in total. The molecule has 126 valence electrons. The Balaban J connectivity index is 1.58. The van der Waals surface area contributed by atoms with Crippen molar-refractivity contribution in [2.75, 3.05) is 23.3 Å². The largest absolute Gasteiger partial charge is 0.357 e. The maximum absolute atomic E-state index is 5.95. The molecule has 0 spiro atoms. The second kappa shape index (κ2) is 7.16. The minimum atomic E-state index is 0.738. The van der Waals surface area contributed by atoms with Crippen LogP contribution in [0.15, 0.2) is 66.7 Å². The van der Waals surface area contributed by atoms with E-state index >= 15 is 0 Å². The van der Waals surface area contributed by atoms with Crippen LogP contribution in [0.5, 0.6) is 0 Å². The lowest BCUT2D eigenvalue weighted by Crippen LogP contribution is -2.18. The van der Waals surface area contributed by atoms with Crippen molar-refractivity contribution >= 4 is 28.8 Å². The standard InChI is InChI=1S/C21H20ClN3/c22-17-9-11-18(12-10-17)23-19-6-3-5-16(15-19)20-7-4-8-21(24-20)25-13-1-2-14-25/h3-12,15,23H,1-2,13-14H2. The molecule has 1 aliphatic heterocycles. The number of benzene rings is 2. The number of nitrogens with zero attached hydrogens (tertiary/aromatic N) is 2. The molecule has 2 aromatic carbocycles. The van der Waals surface area contributed by atoms with Gasteiger partial charge in [-0.05, 0) is 61.4 Å². The average molecular weight is 350 g/mol. The molecule has 4 heteroatoms. The zero-order valence-electron chi connectivity index (χ0n) is 14.0. The third-order valence-electron chi connectivity index (χ3n) is 4.46. The van der Waals surface area contributed by atoms with Crippen molar-refractivity contribution in [2.45, 2.75) is 12.8 Å². The highest BCUT2D eigenvalue weighted by molar-refractivity contribution is 6.30. The van der Waals surface area contributed by atoms with E-state index in [1.165, 1.54) is 12.8 Å². The molecule has 0 radical (unpaired) electrons. The van der Waals surface area contributed by atoms with Crippen LogP contribution in [-0.2, 0) is 0 Å². The van der Waals surface area contributed by atoms with Gasteiger partial charge in [0, 0.05) is 35.1 Å². The molecule has 1 aromatic heterocycles. The molecule has 0 aliphatic carbocycles. The number of hydrogen-bond acceptors (Lipinski definition) is 3. The predicted octanol–water partition coefficient (Wildman–Crippen LogP) is 5.75. The number of rotatable bonds is 4. The van der Waals surface area contributed by atoms with Crippen molar-refractivity contribution in [1.29, 1.82) is 0 Å². The lowest BCUT2D eigenvalue weighted by atomic mass is 10.1. The second-order valence-corrected chi connectivity index (χ2v) is 6.72. The van der Waals surface area contributed by atoms with Gasteiger partial charge in [-0.15, -0.1) is 0 Å². The van der Waals surface area contributed by atoms with Gasteiger partial charge in [0.15, 0.2) is 0 Å². The van der Waals surface area contributed by atoms with Gasteiger partial charge in [-0.2, -0.15) is 0 Å². The van der Waals surface area contributed by atoms with Crippen molar-refractivity contribution in [2.24, 2.45) is 0 Å². The van der Waals surface area contributed by atoms with Gasteiger partial charge in [-0.25, -0.2) is 4.98 Å². The Bertz CT molecular complexity index is 855. The molecule has 2 heterocycles. The van der Waals surface area contributed by atoms with E-state index in [0.717, 1.165) is 46.6 Å². The zero-order valence-corrected chi connectivity index (χ0v) is 14.7. The molecule has 1 aliphatic rings. The molecular formula is C21H20ClN3. The minimum absolute atomic E-state index is 0.738. The van der Waals surface area contributed by atoms with Gasteiger partial charge < -0.3 is 10.2 Å². The molecule has 25 heavy (non-hydrogen) atoms. The summed E-state index contributed by atoms with van der Waals surface area (Å²) in [5, 5.41) is 4.15. The number of halogens is 1. The first-order valence-electron chi connectivity index (χ1n) is 8.63. The van der Waals surface area contributed by atoms with E-state index in [-0.39, 0.29) is 0 Å². The van der Waals surface area contributed by atoms with Crippen LogP contribution in [0.25, 0.3) is 11.3 Å². The van der Waals surface area contributed by atoms with Crippen LogP contribution in [0.3, 0.4) is 0 Å². The van der Waals surface area contributed by atoms with Gasteiger partial charge >= 0.3 is 0 Å². The summed E-state index contributed by atoms with van der Waals surface area (Å²) in [5.74, 6) is 1.08. The zero-order chi connectivity index (χ0) is 17.1. The van der Waals surface area contributed by atoms with Crippen LogP contribution >= 0.6 is 11.6 Å². The summed E-state index contributed by atoms with van der Waals surface area (Å²) >= 11 is 5.95. The predicted molar refractivity (Wildman–Crippen MR) is 106 cm³/mol. The first-order valence-corrected chi connectivity index (χ1v) is 9.01. The first kappa shape index (κ1) is 16.0. The van der Waals surface area contributed by atoms with Gasteiger partial charge in [-0.1, -0.05) is 29.8 Å². The lowest BCUT2D eigenvalue weighted by Gasteiger charge is -2.17.